The van der Waals surface area contributed by atoms with E-state index in [1.807, 2.05) is 0 Å². The Balaban J connectivity index is 2.08. The highest BCUT2D eigenvalue weighted by molar-refractivity contribution is 5.97. The summed E-state index contributed by atoms with van der Waals surface area (Å²) in [6, 6.07) is 6.06. The maximum Gasteiger partial charge on any atom is 0.326 e. The van der Waals surface area contributed by atoms with Gasteiger partial charge in [0.1, 0.15) is 18.4 Å². The number of nitrogens with zero attached hydrogens (tertiary/aromatic N) is 1. The van der Waals surface area contributed by atoms with Crippen molar-refractivity contribution in [2.24, 2.45) is 0 Å². The monoisotopic (exact) mass is 293 g/mol. The third-order valence-corrected chi connectivity index (χ3v) is 3.44. The van der Waals surface area contributed by atoms with Gasteiger partial charge in [0, 0.05) is 19.2 Å². The molecule has 1 saturated heterocycles. The topological polar surface area (TPSA) is 76.1 Å². The molecule has 21 heavy (non-hydrogen) atoms. The summed E-state index contributed by atoms with van der Waals surface area (Å²) in [5.74, 6) is -0.644. The Hall–Kier alpha value is -2.08. The van der Waals surface area contributed by atoms with Crippen molar-refractivity contribution in [1.29, 1.82) is 0 Å². The number of carbonyl (C=O) groups is 2. The van der Waals surface area contributed by atoms with Gasteiger partial charge in [-0.25, -0.2) is 4.79 Å². The van der Waals surface area contributed by atoms with Crippen LogP contribution in [0.25, 0.3) is 0 Å². The van der Waals surface area contributed by atoms with E-state index in [2.05, 4.69) is 0 Å². The third kappa shape index (κ3) is 3.72. The minimum absolute atomic E-state index is 0.267. The molecule has 0 unspecified atom stereocenters. The Morgan fingerprint density at radius 1 is 1.38 bits per heavy atom. The Labute approximate surface area is 123 Å². The van der Waals surface area contributed by atoms with Crippen molar-refractivity contribution in [1.82, 2.24) is 4.90 Å². The number of rotatable bonds is 6. The second kappa shape index (κ2) is 7.08. The van der Waals surface area contributed by atoms with Crippen molar-refractivity contribution in [3.8, 4) is 5.75 Å². The molecule has 1 aliphatic rings. The smallest absolute Gasteiger partial charge is 0.326 e. The van der Waals surface area contributed by atoms with Gasteiger partial charge >= 0.3 is 5.97 Å². The number of benzene rings is 1. The maximum absolute atomic E-state index is 12.4. The van der Waals surface area contributed by atoms with Gasteiger partial charge < -0.3 is 19.5 Å². The van der Waals surface area contributed by atoms with Crippen LogP contribution in [-0.4, -0.2) is 54.8 Å². The van der Waals surface area contributed by atoms with E-state index >= 15 is 0 Å². The molecule has 0 spiro atoms. The highest BCUT2D eigenvalue weighted by Crippen LogP contribution is 2.22. The van der Waals surface area contributed by atoms with E-state index in [9.17, 15) is 9.59 Å². The molecular weight excluding hydrogens is 274 g/mol. The largest absolute Gasteiger partial charge is 0.491 e. The molecule has 114 valence electrons. The van der Waals surface area contributed by atoms with Crippen LogP contribution in [0, 0.1) is 0 Å². The second-order valence-corrected chi connectivity index (χ2v) is 4.86. The molecule has 1 heterocycles. The fourth-order valence-corrected chi connectivity index (χ4v) is 2.39. The highest BCUT2D eigenvalue weighted by Gasteiger charge is 2.34. The quantitative estimate of drug-likeness (QED) is 0.802. The van der Waals surface area contributed by atoms with Crippen molar-refractivity contribution in [3.63, 3.8) is 0 Å². The summed E-state index contributed by atoms with van der Waals surface area (Å²) in [7, 11) is 1.59. The third-order valence-electron chi connectivity index (χ3n) is 3.44. The summed E-state index contributed by atoms with van der Waals surface area (Å²) in [5.41, 5.74) is 0.443. The van der Waals surface area contributed by atoms with Gasteiger partial charge in [0.25, 0.3) is 5.91 Å². The van der Waals surface area contributed by atoms with Gasteiger partial charge in [-0.3, -0.25) is 4.79 Å². The first-order chi connectivity index (χ1) is 10.1. The molecule has 1 aromatic rings. The number of amides is 1. The zero-order valence-electron chi connectivity index (χ0n) is 11.9. The zero-order chi connectivity index (χ0) is 15.2. The number of aliphatic carboxylic acids is 1. The van der Waals surface area contributed by atoms with Crippen LogP contribution < -0.4 is 4.74 Å². The van der Waals surface area contributed by atoms with E-state index in [0.717, 1.165) is 0 Å². The number of carbonyl (C=O) groups excluding carboxylic acids is 1. The van der Waals surface area contributed by atoms with E-state index in [1.54, 1.807) is 31.4 Å². The van der Waals surface area contributed by atoms with E-state index in [4.69, 9.17) is 14.6 Å². The van der Waals surface area contributed by atoms with Crippen LogP contribution in [0.2, 0.25) is 0 Å². The zero-order valence-corrected chi connectivity index (χ0v) is 11.9. The number of ether oxygens (including phenoxy) is 2. The van der Waals surface area contributed by atoms with Crippen LogP contribution in [0.5, 0.6) is 5.75 Å². The molecule has 0 aliphatic carbocycles. The predicted molar refractivity (Wildman–Crippen MR) is 75.5 cm³/mol. The molecular formula is C15H19NO5. The van der Waals surface area contributed by atoms with Crippen LogP contribution in [0.3, 0.4) is 0 Å². The van der Waals surface area contributed by atoms with Gasteiger partial charge in [-0.1, -0.05) is 6.07 Å². The van der Waals surface area contributed by atoms with Gasteiger partial charge in [-0.05, 0) is 31.0 Å². The fraction of sp³-hybridized carbons (Fsp3) is 0.467. The molecule has 0 radical (unpaired) electrons. The first-order valence-corrected chi connectivity index (χ1v) is 6.89. The second-order valence-electron chi connectivity index (χ2n) is 4.86. The van der Waals surface area contributed by atoms with Crippen LogP contribution in [-0.2, 0) is 9.53 Å². The van der Waals surface area contributed by atoms with Crippen molar-refractivity contribution < 1.29 is 24.2 Å². The number of carboxylic acids is 1. The molecule has 0 bridgehead atoms. The normalized spacial score (nSPS) is 17.8. The standard InChI is InChI=1S/C15H19NO5/c1-20-8-9-21-12-5-2-4-11(10-12)14(17)16-7-3-6-13(16)15(18)19/h2,4-5,10,13H,3,6-9H2,1H3,(H,18,19)/t13-/m1/s1. The molecule has 1 atom stereocenters. The van der Waals surface area contributed by atoms with Crippen LogP contribution in [0.1, 0.15) is 23.2 Å². The summed E-state index contributed by atoms with van der Waals surface area (Å²) in [6.07, 6.45) is 1.22. The van der Waals surface area contributed by atoms with Gasteiger partial charge in [-0.2, -0.15) is 0 Å². The van der Waals surface area contributed by atoms with Gasteiger partial charge in [0.05, 0.1) is 6.61 Å². The van der Waals surface area contributed by atoms with Crippen LogP contribution >= 0.6 is 0 Å². The van der Waals surface area contributed by atoms with Gasteiger partial charge in [0.15, 0.2) is 0 Å². The van der Waals surface area contributed by atoms with E-state index < -0.39 is 12.0 Å². The Morgan fingerprint density at radius 3 is 2.90 bits per heavy atom. The minimum Gasteiger partial charge on any atom is -0.491 e. The Kier molecular flexibility index (Phi) is 5.16. The lowest BCUT2D eigenvalue weighted by Gasteiger charge is -2.21. The summed E-state index contributed by atoms with van der Waals surface area (Å²) in [6.45, 7) is 1.34. The molecule has 1 amide bonds. The first-order valence-electron chi connectivity index (χ1n) is 6.89. The van der Waals surface area contributed by atoms with Crippen molar-refractivity contribution in [2.75, 3.05) is 26.9 Å². The van der Waals surface area contributed by atoms with E-state index in [1.165, 1.54) is 4.90 Å². The number of hydrogen-bond donors (Lipinski definition) is 1. The molecule has 1 N–H and O–H groups in total. The Bertz CT molecular complexity index is 517. The number of methoxy groups -OCH3 is 1. The lowest BCUT2D eigenvalue weighted by Crippen LogP contribution is -2.40. The lowest BCUT2D eigenvalue weighted by atomic mass is 10.1. The molecule has 1 aliphatic heterocycles. The number of hydrogen-bond acceptors (Lipinski definition) is 4. The average molecular weight is 293 g/mol. The highest BCUT2D eigenvalue weighted by atomic mass is 16.5. The SMILES string of the molecule is COCCOc1cccc(C(=O)N2CCC[C@@H]2C(=O)O)c1. The van der Waals surface area contributed by atoms with Gasteiger partial charge in [-0.15, -0.1) is 0 Å². The fourth-order valence-electron chi connectivity index (χ4n) is 2.39. The molecule has 6 heteroatoms. The predicted octanol–water partition coefficient (Wildman–Crippen LogP) is 1.40. The summed E-state index contributed by atoms with van der Waals surface area (Å²) in [5, 5.41) is 9.14. The van der Waals surface area contributed by atoms with Crippen molar-refractivity contribution in [2.45, 2.75) is 18.9 Å². The summed E-state index contributed by atoms with van der Waals surface area (Å²) >= 11 is 0. The van der Waals surface area contributed by atoms with E-state index in [-0.39, 0.29) is 5.91 Å². The van der Waals surface area contributed by atoms with E-state index in [0.29, 0.717) is 43.9 Å². The van der Waals surface area contributed by atoms with Crippen LogP contribution in [0.4, 0.5) is 0 Å². The first kappa shape index (κ1) is 15.3. The average Bonchev–Trinajstić information content (AvgIpc) is 2.97. The molecule has 1 fully saturated rings. The Morgan fingerprint density at radius 2 is 2.19 bits per heavy atom. The molecule has 1 aromatic carbocycles. The lowest BCUT2D eigenvalue weighted by molar-refractivity contribution is -0.141. The summed E-state index contributed by atoms with van der Waals surface area (Å²) < 4.78 is 10.4. The number of likely N-dealkylation sites (tertiary alicyclic amines) is 1. The molecule has 6 nitrogen and oxygen atoms in total. The van der Waals surface area contributed by atoms with Crippen molar-refractivity contribution >= 4 is 11.9 Å². The summed E-state index contributed by atoms with van der Waals surface area (Å²) in [4.78, 5) is 25.0. The molecule has 0 aromatic heterocycles. The van der Waals surface area contributed by atoms with Crippen molar-refractivity contribution in [3.05, 3.63) is 29.8 Å². The molecule has 0 saturated carbocycles. The molecule has 2 rings (SSSR count). The maximum atomic E-state index is 12.4. The number of carboxylic acid groups (broad SMARTS) is 1. The van der Waals surface area contributed by atoms with Gasteiger partial charge in [0.2, 0.25) is 0 Å². The minimum atomic E-state index is -0.951. The van der Waals surface area contributed by atoms with Crippen LogP contribution in [0.15, 0.2) is 24.3 Å².